The summed E-state index contributed by atoms with van der Waals surface area (Å²) in [7, 11) is 1.31. The van der Waals surface area contributed by atoms with Crippen LogP contribution in [0.15, 0.2) is 17.2 Å². The Morgan fingerprint density at radius 3 is 2.46 bits per heavy atom. The second kappa shape index (κ2) is 7.07. The Morgan fingerprint density at radius 1 is 1.32 bits per heavy atom. The summed E-state index contributed by atoms with van der Waals surface area (Å²) in [6.45, 7) is 0. The highest BCUT2D eigenvalue weighted by atomic mass is 16.6. The minimum absolute atomic E-state index is 0.0180. The van der Waals surface area contributed by atoms with E-state index >= 15 is 0 Å². The van der Waals surface area contributed by atoms with E-state index in [2.05, 4.69) is 10.5 Å². The predicted octanol–water partition coefficient (Wildman–Crippen LogP) is 3.37. The molecular weight excluding hydrogens is 362 g/mol. The number of amides is 1. The highest BCUT2D eigenvalue weighted by molar-refractivity contribution is 5.85. The van der Waals surface area contributed by atoms with E-state index in [0.717, 1.165) is 37.0 Å². The van der Waals surface area contributed by atoms with Crippen LogP contribution in [0.25, 0.3) is 0 Å². The van der Waals surface area contributed by atoms with Crippen molar-refractivity contribution >= 4 is 17.8 Å². The van der Waals surface area contributed by atoms with Gasteiger partial charge in [0.15, 0.2) is 5.75 Å². The molecule has 0 spiro atoms. The molecule has 0 saturated heterocycles. The summed E-state index contributed by atoms with van der Waals surface area (Å²) in [4.78, 5) is 22.8. The molecule has 0 aliphatic heterocycles. The predicted molar refractivity (Wildman–Crippen MR) is 102 cm³/mol. The maximum absolute atomic E-state index is 12.5. The molecule has 4 saturated carbocycles. The van der Waals surface area contributed by atoms with Crippen molar-refractivity contribution in [2.75, 3.05) is 7.11 Å². The van der Waals surface area contributed by atoms with Crippen molar-refractivity contribution in [3.63, 3.8) is 0 Å². The zero-order chi connectivity index (χ0) is 19.9. The maximum atomic E-state index is 12.5. The molecule has 0 heterocycles. The van der Waals surface area contributed by atoms with Crippen molar-refractivity contribution in [3.05, 3.63) is 27.8 Å². The lowest BCUT2D eigenvalue weighted by Gasteiger charge is -2.56. The number of benzene rings is 1. The van der Waals surface area contributed by atoms with E-state index in [-0.39, 0.29) is 17.1 Å². The van der Waals surface area contributed by atoms with Crippen LogP contribution in [0.2, 0.25) is 0 Å². The fourth-order valence-corrected chi connectivity index (χ4v) is 6.05. The van der Waals surface area contributed by atoms with Gasteiger partial charge in [-0.1, -0.05) is 0 Å². The number of hydrogen-bond donors (Lipinski definition) is 2. The third kappa shape index (κ3) is 3.55. The zero-order valence-corrected chi connectivity index (χ0v) is 15.9. The highest BCUT2D eigenvalue weighted by Gasteiger charge is 2.51. The number of nitro groups is 1. The summed E-state index contributed by atoms with van der Waals surface area (Å²) >= 11 is 0. The summed E-state index contributed by atoms with van der Waals surface area (Å²) in [5, 5.41) is 24.8. The second-order valence-corrected chi connectivity index (χ2v) is 8.74. The number of carbonyl (C=O) groups excluding carboxylic acids is 1. The van der Waals surface area contributed by atoms with Gasteiger partial charge in [0, 0.05) is 18.1 Å². The van der Waals surface area contributed by atoms with Crippen LogP contribution in [-0.4, -0.2) is 29.3 Å². The number of hydrogen-bond acceptors (Lipinski definition) is 6. The first-order valence-corrected chi connectivity index (χ1v) is 9.75. The molecule has 150 valence electrons. The largest absolute Gasteiger partial charge is 0.500 e. The Labute approximate surface area is 163 Å². The standard InChI is InChI=1S/C20H25N3O5/c1-28-17-6-15(5-16(19(17)25)23(26)27)11-21-22-18(24)10-20-7-12-2-13(8-20)4-14(3-12)9-20/h5-6,11-14,25H,2-4,7-10H2,1H3,(H,22,24)/b21-11+. The fraction of sp³-hybridized carbons (Fsp3) is 0.600. The molecule has 1 amide bonds. The van der Waals surface area contributed by atoms with Gasteiger partial charge in [-0.3, -0.25) is 14.9 Å². The fourth-order valence-electron chi connectivity index (χ4n) is 6.05. The first-order chi connectivity index (χ1) is 13.4. The van der Waals surface area contributed by atoms with E-state index in [1.165, 1.54) is 44.7 Å². The Kier molecular flexibility index (Phi) is 4.72. The van der Waals surface area contributed by atoms with Gasteiger partial charge in [0.1, 0.15) is 0 Å². The topological polar surface area (TPSA) is 114 Å². The lowest BCUT2D eigenvalue weighted by molar-refractivity contribution is -0.386. The molecule has 4 bridgehead atoms. The van der Waals surface area contributed by atoms with Crippen LogP contribution in [0, 0.1) is 33.3 Å². The van der Waals surface area contributed by atoms with Gasteiger partial charge in [0.05, 0.1) is 18.2 Å². The third-order valence-corrected chi connectivity index (χ3v) is 6.60. The average molecular weight is 387 g/mol. The number of rotatable bonds is 6. The molecule has 0 aromatic heterocycles. The van der Waals surface area contributed by atoms with Crippen molar-refractivity contribution < 1.29 is 19.6 Å². The number of nitrogens with one attached hydrogen (secondary N) is 1. The van der Waals surface area contributed by atoms with Gasteiger partial charge in [-0.05, 0) is 67.8 Å². The van der Waals surface area contributed by atoms with Crippen LogP contribution in [0.3, 0.4) is 0 Å². The van der Waals surface area contributed by atoms with Crippen molar-refractivity contribution in [3.8, 4) is 11.5 Å². The van der Waals surface area contributed by atoms with Crippen molar-refractivity contribution in [2.45, 2.75) is 44.9 Å². The summed E-state index contributed by atoms with van der Waals surface area (Å²) < 4.78 is 4.96. The van der Waals surface area contributed by atoms with Gasteiger partial charge >= 0.3 is 5.69 Å². The second-order valence-electron chi connectivity index (χ2n) is 8.74. The van der Waals surface area contributed by atoms with Crippen molar-refractivity contribution in [1.82, 2.24) is 5.43 Å². The SMILES string of the molecule is COc1cc(/C=N/NC(=O)CC23CC4CC(CC(C4)C2)C3)cc([N+](=O)[O-])c1O. The molecule has 1 aromatic rings. The van der Waals surface area contributed by atoms with Gasteiger partial charge < -0.3 is 9.84 Å². The number of methoxy groups -OCH3 is 1. The van der Waals surface area contributed by atoms with Gasteiger partial charge in [0.25, 0.3) is 0 Å². The first kappa shape index (κ1) is 18.7. The molecule has 0 radical (unpaired) electrons. The van der Waals surface area contributed by atoms with Gasteiger partial charge in [-0.15, -0.1) is 0 Å². The molecule has 4 aliphatic rings. The van der Waals surface area contributed by atoms with E-state index in [1.807, 2.05) is 0 Å². The van der Waals surface area contributed by atoms with E-state index in [1.54, 1.807) is 0 Å². The number of nitro benzene ring substituents is 1. The van der Waals surface area contributed by atoms with Crippen LogP contribution in [0.5, 0.6) is 11.5 Å². The number of ether oxygens (including phenoxy) is 1. The van der Waals surface area contributed by atoms with Crippen LogP contribution in [0.1, 0.15) is 50.5 Å². The molecule has 8 heteroatoms. The Balaban J connectivity index is 1.41. The molecule has 28 heavy (non-hydrogen) atoms. The summed E-state index contributed by atoms with van der Waals surface area (Å²) in [6, 6.07) is 2.61. The Morgan fingerprint density at radius 2 is 1.93 bits per heavy atom. The van der Waals surface area contributed by atoms with Crippen molar-refractivity contribution in [1.29, 1.82) is 0 Å². The number of nitrogens with zero attached hydrogens (tertiary/aromatic N) is 2. The Bertz CT molecular complexity index is 800. The smallest absolute Gasteiger partial charge is 0.315 e. The summed E-state index contributed by atoms with van der Waals surface area (Å²) in [6.07, 6.45) is 9.27. The minimum Gasteiger partial charge on any atom is -0.500 e. The molecule has 0 atom stereocenters. The molecular formula is C20H25N3O5. The Hall–Kier alpha value is -2.64. The number of phenols is 1. The van der Waals surface area contributed by atoms with Crippen LogP contribution >= 0.6 is 0 Å². The number of aromatic hydroxyl groups is 1. The van der Waals surface area contributed by atoms with Gasteiger partial charge in [0.2, 0.25) is 11.7 Å². The van der Waals surface area contributed by atoms with Crippen LogP contribution in [0.4, 0.5) is 5.69 Å². The lowest BCUT2D eigenvalue weighted by Crippen LogP contribution is -2.47. The molecule has 5 rings (SSSR count). The van der Waals surface area contributed by atoms with Crippen molar-refractivity contribution in [2.24, 2.45) is 28.3 Å². The van der Waals surface area contributed by atoms with E-state index < -0.39 is 16.4 Å². The summed E-state index contributed by atoms with van der Waals surface area (Å²) in [5.74, 6) is 1.69. The molecule has 8 nitrogen and oxygen atoms in total. The van der Waals surface area contributed by atoms with Gasteiger partial charge in [-0.2, -0.15) is 5.10 Å². The number of carbonyl (C=O) groups is 1. The van der Waals surface area contributed by atoms with E-state index in [0.29, 0.717) is 12.0 Å². The third-order valence-electron chi connectivity index (χ3n) is 6.60. The first-order valence-electron chi connectivity index (χ1n) is 9.75. The van der Waals surface area contributed by atoms with Gasteiger partial charge in [-0.25, -0.2) is 5.43 Å². The van der Waals surface area contributed by atoms with E-state index in [9.17, 15) is 20.0 Å². The summed E-state index contributed by atoms with van der Waals surface area (Å²) in [5.41, 5.74) is 2.58. The number of phenolic OH excluding ortho intramolecular Hbond substituents is 1. The lowest BCUT2D eigenvalue weighted by atomic mass is 9.49. The molecule has 2 N–H and O–H groups in total. The van der Waals surface area contributed by atoms with E-state index in [4.69, 9.17) is 4.74 Å². The quantitative estimate of drug-likeness (QED) is 0.441. The monoisotopic (exact) mass is 387 g/mol. The molecule has 1 aromatic carbocycles. The minimum atomic E-state index is -0.694. The molecule has 0 unspecified atom stereocenters. The average Bonchev–Trinajstić information content (AvgIpc) is 2.61. The number of hydrazone groups is 1. The molecule has 4 aliphatic carbocycles. The normalized spacial score (nSPS) is 30.5. The maximum Gasteiger partial charge on any atom is 0.315 e. The van der Waals surface area contributed by atoms with Crippen LogP contribution in [-0.2, 0) is 4.79 Å². The highest BCUT2D eigenvalue weighted by Crippen LogP contribution is 2.61. The van der Waals surface area contributed by atoms with Crippen LogP contribution < -0.4 is 10.2 Å². The molecule has 4 fully saturated rings. The zero-order valence-electron chi connectivity index (χ0n) is 15.9.